The van der Waals surface area contributed by atoms with Crippen molar-refractivity contribution in [3.8, 4) is 0 Å². The Balaban J connectivity index is 1.97. The van der Waals surface area contributed by atoms with Crippen molar-refractivity contribution < 1.29 is 14.3 Å². The van der Waals surface area contributed by atoms with Crippen molar-refractivity contribution in [1.29, 1.82) is 0 Å². The summed E-state index contributed by atoms with van der Waals surface area (Å²) < 4.78 is 13.6. The lowest BCUT2D eigenvalue weighted by molar-refractivity contribution is -0.131. The van der Waals surface area contributed by atoms with Crippen molar-refractivity contribution in [1.82, 2.24) is 0 Å². The normalized spacial score (nSPS) is 22.6. The first-order valence-electron chi connectivity index (χ1n) is 7.35. The molecule has 1 aromatic rings. The Morgan fingerprint density at radius 2 is 2.24 bits per heavy atom. The van der Waals surface area contributed by atoms with E-state index in [1.165, 1.54) is 43.9 Å². The first-order chi connectivity index (χ1) is 10.0. The van der Waals surface area contributed by atoms with Crippen LogP contribution < -0.4 is 0 Å². The third-order valence-corrected chi connectivity index (χ3v) is 5.17. The highest BCUT2D eigenvalue weighted by Crippen LogP contribution is 2.33. The van der Waals surface area contributed by atoms with Crippen molar-refractivity contribution in [2.45, 2.75) is 43.6 Å². The molecule has 4 heteroatoms. The van der Waals surface area contributed by atoms with E-state index in [0.29, 0.717) is 10.8 Å². The van der Waals surface area contributed by atoms with Crippen molar-refractivity contribution >= 4 is 23.8 Å². The van der Waals surface area contributed by atoms with Gasteiger partial charge in [0.15, 0.2) is 0 Å². The average Bonchev–Trinajstić information content (AvgIpc) is 2.43. The number of halogens is 1. The molecule has 2 nitrogen and oxygen atoms in total. The molecule has 0 aromatic heterocycles. The Morgan fingerprint density at radius 3 is 2.95 bits per heavy atom. The lowest BCUT2D eigenvalue weighted by Crippen LogP contribution is -2.15. The molecule has 1 N–H and O–H groups in total. The molecule has 0 spiro atoms. The van der Waals surface area contributed by atoms with Crippen LogP contribution >= 0.6 is 11.8 Å². The van der Waals surface area contributed by atoms with E-state index >= 15 is 0 Å². The van der Waals surface area contributed by atoms with Gasteiger partial charge in [-0.2, -0.15) is 11.8 Å². The van der Waals surface area contributed by atoms with Crippen molar-refractivity contribution in [2.24, 2.45) is 5.92 Å². The van der Waals surface area contributed by atoms with Gasteiger partial charge in [0, 0.05) is 17.1 Å². The van der Waals surface area contributed by atoms with Crippen LogP contribution in [0, 0.1) is 11.7 Å². The second-order valence-electron chi connectivity index (χ2n) is 5.77. The number of hydrogen-bond donors (Lipinski definition) is 1. The molecule has 21 heavy (non-hydrogen) atoms. The molecule has 1 aliphatic rings. The zero-order valence-corrected chi connectivity index (χ0v) is 13.0. The van der Waals surface area contributed by atoms with Gasteiger partial charge >= 0.3 is 5.97 Å². The van der Waals surface area contributed by atoms with Gasteiger partial charge in [-0.3, -0.25) is 0 Å². The molecule has 0 saturated heterocycles. The van der Waals surface area contributed by atoms with Gasteiger partial charge in [-0.05, 0) is 48.1 Å². The topological polar surface area (TPSA) is 37.3 Å². The third kappa shape index (κ3) is 5.54. The van der Waals surface area contributed by atoms with Crippen LogP contribution in [-0.4, -0.2) is 16.3 Å². The van der Waals surface area contributed by atoms with Crippen molar-refractivity contribution in [3.05, 3.63) is 41.2 Å². The summed E-state index contributed by atoms with van der Waals surface area (Å²) in [6, 6.07) is 4.76. The Kier molecular flexibility index (Phi) is 5.85. The molecule has 2 rings (SSSR count). The molecule has 1 aliphatic carbocycles. The second kappa shape index (κ2) is 7.64. The summed E-state index contributed by atoms with van der Waals surface area (Å²) >= 11 is 1.89. The quantitative estimate of drug-likeness (QED) is 0.799. The summed E-state index contributed by atoms with van der Waals surface area (Å²) in [5.74, 6) is 0.239. The highest BCUT2D eigenvalue weighted by atomic mass is 32.2. The van der Waals surface area contributed by atoms with E-state index < -0.39 is 5.97 Å². The van der Waals surface area contributed by atoms with Gasteiger partial charge in [-0.1, -0.05) is 25.8 Å². The molecule has 1 saturated carbocycles. The molecule has 1 fully saturated rings. The molecular weight excluding hydrogens is 287 g/mol. The van der Waals surface area contributed by atoms with Gasteiger partial charge in [-0.25, -0.2) is 9.18 Å². The van der Waals surface area contributed by atoms with Crippen molar-refractivity contribution in [3.63, 3.8) is 0 Å². The average molecular weight is 308 g/mol. The highest BCUT2D eigenvalue weighted by Gasteiger charge is 2.19. The Hall–Kier alpha value is -1.29. The molecule has 2 atom stereocenters. The maximum atomic E-state index is 13.6. The standard InChI is InChI=1S/C17H21FO2S/c1-12-3-2-4-16(7-12)21-11-14-8-13(5-6-17(19)20)9-15(18)10-14/h5-6,8-10,12,16H,2-4,7,11H2,1H3,(H,19,20). The van der Waals surface area contributed by atoms with Gasteiger partial charge in [0.2, 0.25) is 0 Å². The zero-order chi connectivity index (χ0) is 15.2. The molecule has 114 valence electrons. The minimum atomic E-state index is -1.02. The van der Waals surface area contributed by atoms with Crippen LogP contribution in [0.2, 0.25) is 0 Å². The van der Waals surface area contributed by atoms with Crippen LogP contribution in [0.3, 0.4) is 0 Å². The lowest BCUT2D eigenvalue weighted by Gasteiger charge is -2.26. The first kappa shape index (κ1) is 16.1. The molecule has 0 heterocycles. The summed E-state index contributed by atoms with van der Waals surface area (Å²) in [5, 5.41) is 9.29. The van der Waals surface area contributed by atoms with Gasteiger partial charge in [0.05, 0.1) is 0 Å². The van der Waals surface area contributed by atoms with E-state index in [2.05, 4.69) is 6.92 Å². The van der Waals surface area contributed by atoms with E-state index in [1.54, 1.807) is 0 Å². The number of carboxylic acids is 1. The van der Waals surface area contributed by atoms with Gasteiger partial charge in [-0.15, -0.1) is 0 Å². The van der Waals surface area contributed by atoms with E-state index in [9.17, 15) is 9.18 Å². The van der Waals surface area contributed by atoms with Gasteiger partial charge < -0.3 is 5.11 Å². The summed E-state index contributed by atoms with van der Waals surface area (Å²) in [7, 11) is 0. The van der Waals surface area contributed by atoms with Gasteiger partial charge in [0.25, 0.3) is 0 Å². The Bertz CT molecular complexity index is 528. The third-order valence-electron chi connectivity index (χ3n) is 3.77. The van der Waals surface area contributed by atoms with Crippen LogP contribution in [0.15, 0.2) is 24.3 Å². The van der Waals surface area contributed by atoms with E-state index in [1.807, 2.05) is 17.8 Å². The molecule has 0 aliphatic heterocycles. The number of benzene rings is 1. The minimum absolute atomic E-state index is 0.310. The number of hydrogen-bond acceptors (Lipinski definition) is 2. The Labute approximate surface area is 129 Å². The molecular formula is C17H21FO2S. The minimum Gasteiger partial charge on any atom is -0.478 e. The fraction of sp³-hybridized carbons (Fsp3) is 0.471. The van der Waals surface area contributed by atoms with Gasteiger partial charge in [0.1, 0.15) is 5.82 Å². The maximum absolute atomic E-state index is 13.6. The lowest BCUT2D eigenvalue weighted by atomic mass is 9.91. The molecule has 0 amide bonds. The number of carbonyl (C=O) groups is 1. The second-order valence-corrected chi connectivity index (χ2v) is 7.06. The summed E-state index contributed by atoms with van der Waals surface area (Å²) in [6.45, 7) is 2.30. The number of aliphatic carboxylic acids is 1. The highest BCUT2D eigenvalue weighted by molar-refractivity contribution is 7.99. The van der Waals surface area contributed by atoms with Crippen LogP contribution in [0.5, 0.6) is 0 Å². The fourth-order valence-corrected chi connectivity index (χ4v) is 4.16. The zero-order valence-electron chi connectivity index (χ0n) is 12.2. The predicted octanol–water partition coefficient (Wildman–Crippen LogP) is 4.74. The van der Waals surface area contributed by atoms with Crippen LogP contribution in [0.4, 0.5) is 4.39 Å². The number of carboxylic acid groups (broad SMARTS) is 1. The first-order valence-corrected chi connectivity index (χ1v) is 8.40. The summed E-state index contributed by atoms with van der Waals surface area (Å²) in [4.78, 5) is 10.5. The molecule has 1 aromatic carbocycles. The molecule has 2 unspecified atom stereocenters. The van der Waals surface area contributed by atoms with Crippen molar-refractivity contribution in [2.75, 3.05) is 0 Å². The van der Waals surface area contributed by atoms with E-state index in [-0.39, 0.29) is 5.82 Å². The molecule has 0 radical (unpaired) electrons. The smallest absolute Gasteiger partial charge is 0.328 e. The molecule has 0 bridgehead atoms. The van der Waals surface area contributed by atoms with Crippen LogP contribution in [0.1, 0.15) is 43.7 Å². The van der Waals surface area contributed by atoms with E-state index in [0.717, 1.165) is 23.3 Å². The fourth-order valence-electron chi connectivity index (χ4n) is 2.77. The number of thioether (sulfide) groups is 1. The predicted molar refractivity (Wildman–Crippen MR) is 85.8 cm³/mol. The van der Waals surface area contributed by atoms with Crippen LogP contribution in [0.25, 0.3) is 6.08 Å². The Morgan fingerprint density at radius 1 is 1.43 bits per heavy atom. The number of rotatable bonds is 5. The maximum Gasteiger partial charge on any atom is 0.328 e. The van der Waals surface area contributed by atoms with E-state index in [4.69, 9.17) is 5.11 Å². The van der Waals surface area contributed by atoms with Crippen LogP contribution in [-0.2, 0) is 10.5 Å². The SMILES string of the molecule is CC1CCCC(SCc2cc(F)cc(C=CC(=O)O)c2)C1. The summed E-state index contributed by atoms with van der Waals surface area (Å²) in [5.41, 5.74) is 1.52. The largest absolute Gasteiger partial charge is 0.478 e. The summed E-state index contributed by atoms with van der Waals surface area (Å²) in [6.07, 6.45) is 7.56. The monoisotopic (exact) mass is 308 g/mol.